The van der Waals surface area contributed by atoms with Crippen molar-refractivity contribution in [2.24, 2.45) is 0 Å². The molecule has 0 radical (unpaired) electrons. The quantitative estimate of drug-likeness (QED) is 0.618. The fraction of sp³-hybridized carbons (Fsp3) is 0.375. The average molecular weight is 214 g/mol. The van der Waals surface area contributed by atoms with E-state index in [1.807, 2.05) is 0 Å². The molecule has 0 atom stereocenters. The van der Waals surface area contributed by atoms with Crippen LogP contribution < -0.4 is 0 Å². The lowest BCUT2D eigenvalue weighted by atomic mass is 10.0. The fourth-order valence-corrected chi connectivity index (χ4v) is 1.84. The molecule has 0 N–H and O–H groups in total. The fourth-order valence-electron chi connectivity index (χ4n) is 1.84. The van der Waals surface area contributed by atoms with Gasteiger partial charge in [0.1, 0.15) is 0 Å². The van der Waals surface area contributed by atoms with Gasteiger partial charge in [-0.2, -0.15) is 0 Å². The van der Waals surface area contributed by atoms with Crippen LogP contribution in [0.4, 0.5) is 0 Å². The van der Waals surface area contributed by atoms with E-state index in [1.165, 1.54) is 22.3 Å². The molecule has 1 rings (SSSR count). The van der Waals surface area contributed by atoms with Gasteiger partial charge in [-0.25, -0.2) is 0 Å². The van der Waals surface area contributed by atoms with Gasteiger partial charge in [0.2, 0.25) is 0 Å². The maximum atomic E-state index is 2.28. The normalized spacial score (nSPS) is 13.0. The number of hydrogen-bond donors (Lipinski definition) is 0. The smallest absolute Gasteiger partial charge is 0.0225 e. The van der Waals surface area contributed by atoms with Crippen LogP contribution in [-0.4, -0.2) is 0 Å². The summed E-state index contributed by atoms with van der Waals surface area (Å²) in [6.07, 6.45) is 6.72. The van der Waals surface area contributed by atoms with Crippen molar-refractivity contribution in [3.05, 3.63) is 53.1 Å². The molecule has 0 saturated carbocycles. The maximum Gasteiger partial charge on any atom is -0.0225 e. The van der Waals surface area contributed by atoms with Crippen molar-refractivity contribution < 1.29 is 0 Å². The summed E-state index contributed by atoms with van der Waals surface area (Å²) in [6, 6.07) is 8.80. The van der Waals surface area contributed by atoms with Gasteiger partial charge in [-0.15, -0.1) is 0 Å². The highest BCUT2D eigenvalue weighted by molar-refractivity contribution is 5.66. The number of benzene rings is 1. The van der Waals surface area contributed by atoms with Crippen molar-refractivity contribution in [3.63, 3.8) is 0 Å². The lowest BCUT2D eigenvalue weighted by Crippen LogP contribution is -1.85. The second kappa shape index (κ2) is 6.32. The first-order chi connectivity index (χ1) is 7.67. The minimum atomic E-state index is 1.10. The van der Waals surface area contributed by atoms with Crippen LogP contribution in [-0.2, 0) is 6.42 Å². The molecule has 0 aliphatic heterocycles. The highest BCUT2D eigenvalue weighted by atomic mass is 14.0. The van der Waals surface area contributed by atoms with E-state index in [2.05, 4.69) is 64.1 Å². The zero-order valence-electron chi connectivity index (χ0n) is 10.9. The van der Waals surface area contributed by atoms with E-state index in [0.717, 1.165) is 12.8 Å². The van der Waals surface area contributed by atoms with E-state index < -0.39 is 0 Å². The van der Waals surface area contributed by atoms with Crippen molar-refractivity contribution in [2.45, 2.75) is 40.5 Å². The summed E-state index contributed by atoms with van der Waals surface area (Å²) in [6.45, 7) is 8.71. The van der Waals surface area contributed by atoms with Crippen LogP contribution >= 0.6 is 0 Å². The average Bonchev–Trinajstić information content (AvgIpc) is 2.29. The zero-order valence-corrected chi connectivity index (χ0v) is 10.9. The largest absolute Gasteiger partial charge is 0.0819 e. The molecule has 0 nitrogen and oxygen atoms in total. The Labute approximate surface area is 99.7 Å². The monoisotopic (exact) mass is 214 g/mol. The molecule has 1 aromatic carbocycles. The Morgan fingerprint density at radius 1 is 1.19 bits per heavy atom. The van der Waals surface area contributed by atoms with E-state index in [0.29, 0.717) is 0 Å². The Balaban J connectivity index is 2.95. The predicted molar refractivity (Wildman–Crippen MR) is 73.5 cm³/mol. The highest BCUT2D eigenvalue weighted by Crippen LogP contribution is 2.17. The Hall–Kier alpha value is -1.30. The molecule has 0 fully saturated rings. The number of rotatable bonds is 4. The van der Waals surface area contributed by atoms with E-state index >= 15 is 0 Å². The highest BCUT2D eigenvalue weighted by Gasteiger charge is 1.97. The zero-order chi connectivity index (χ0) is 12.0. The molecule has 16 heavy (non-hydrogen) atoms. The van der Waals surface area contributed by atoms with Gasteiger partial charge in [0.15, 0.2) is 0 Å². The summed E-state index contributed by atoms with van der Waals surface area (Å²) in [5.41, 5.74) is 5.44. The Bertz CT molecular complexity index is 394. The van der Waals surface area contributed by atoms with E-state index in [9.17, 15) is 0 Å². The molecular formula is C16H22. The van der Waals surface area contributed by atoms with Crippen LogP contribution in [0.25, 0.3) is 5.57 Å². The number of aryl methyl sites for hydroxylation is 1. The van der Waals surface area contributed by atoms with E-state index in [4.69, 9.17) is 0 Å². The third-order valence-corrected chi connectivity index (χ3v) is 2.76. The molecular weight excluding hydrogens is 192 g/mol. The lowest BCUT2D eigenvalue weighted by molar-refractivity contribution is 1.14. The minimum absolute atomic E-state index is 1.10. The van der Waals surface area contributed by atoms with Gasteiger partial charge in [-0.3, -0.25) is 0 Å². The molecule has 0 unspecified atom stereocenters. The molecule has 0 heterocycles. The number of allylic oxidation sites excluding steroid dienone is 4. The van der Waals surface area contributed by atoms with Crippen LogP contribution in [0.1, 0.15) is 45.2 Å². The summed E-state index contributed by atoms with van der Waals surface area (Å²) in [5, 5.41) is 0. The molecule has 0 aromatic heterocycles. The molecule has 0 aliphatic carbocycles. The molecule has 0 saturated heterocycles. The van der Waals surface area contributed by atoms with Gasteiger partial charge in [-0.05, 0) is 43.4 Å². The van der Waals surface area contributed by atoms with Crippen LogP contribution in [0, 0.1) is 0 Å². The molecule has 0 bridgehead atoms. The van der Waals surface area contributed by atoms with Gasteiger partial charge in [-0.1, -0.05) is 55.8 Å². The molecule has 0 amide bonds. The third-order valence-electron chi connectivity index (χ3n) is 2.76. The Morgan fingerprint density at radius 3 is 2.56 bits per heavy atom. The van der Waals surface area contributed by atoms with Gasteiger partial charge in [0.25, 0.3) is 0 Å². The van der Waals surface area contributed by atoms with Crippen molar-refractivity contribution >= 4 is 5.57 Å². The molecule has 0 heteroatoms. The van der Waals surface area contributed by atoms with Gasteiger partial charge < -0.3 is 0 Å². The van der Waals surface area contributed by atoms with Crippen LogP contribution in [0.15, 0.2) is 42.0 Å². The second-order valence-electron chi connectivity index (χ2n) is 4.24. The molecule has 0 aliphatic rings. The van der Waals surface area contributed by atoms with Crippen molar-refractivity contribution in [1.82, 2.24) is 0 Å². The molecule has 0 spiro atoms. The lowest BCUT2D eigenvalue weighted by Gasteiger charge is -2.04. The maximum absolute atomic E-state index is 2.28. The summed E-state index contributed by atoms with van der Waals surface area (Å²) >= 11 is 0. The van der Waals surface area contributed by atoms with Gasteiger partial charge in [0, 0.05) is 0 Å². The van der Waals surface area contributed by atoms with Gasteiger partial charge >= 0.3 is 0 Å². The van der Waals surface area contributed by atoms with Gasteiger partial charge in [0.05, 0.1) is 0 Å². The first-order valence-corrected chi connectivity index (χ1v) is 6.11. The molecule has 86 valence electrons. The third kappa shape index (κ3) is 3.69. The summed E-state index contributed by atoms with van der Waals surface area (Å²) in [5.74, 6) is 0. The van der Waals surface area contributed by atoms with Crippen molar-refractivity contribution in [1.29, 1.82) is 0 Å². The van der Waals surface area contributed by atoms with Crippen LogP contribution in [0.2, 0.25) is 0 Å². The van der Waals surface area contributed by atoms with Crippen LogP contribution in [0.3, 0.4) is 0 Å². The minimum Gasteiger partial charge on any atom is -0.0819 e. The molecule has 1 aromatic rings. The number of hydrogen-bond acceptors (Lipinski definition) is 0. The summed E-state index contributed by atoms with van der Waals surface area (Å²) in [4.78, 5) is 0. The van der Waals surface area contributed by atoms with E-state index in [-0.39, 0.29) is 0 Å². The summed E-state index contributed by atoms with van der Waals surface area (Å²) in [7, 11) is 0. The topological polar surface area (TPSA) is 0 Å². The van der Waals surface area contributed by atoms with E-state index in [1.54, 1.807) is 0 Å². The SMILES string of the molecule is CC/C=C(C)\C=C(/C)c1cccc(CC)c1. The summed E-state index contributed by atoms with van der Waals surface area (Å²) < 4.78 is 0. The van der Waals surface area contributed by atoms with Crippen molar-refractivity contribution in [3.8, 4) is 0 Å². The first-order valence-electron chi connectivity index (χ1n) is 6.11. The Kier molecular flexibility index (Phi) is 5.04. The Morgan fingerprint density at radius 2 is 1.94 bits per heavy atom. The predicted octanol–water partition coefficient (Wildman–Crippen LogP) is 5.01. The first kappa shape index (κ1) is 12.8. The van der Waals surface area contributed by atoms with Crippen molar-refractivity contribution in [2.75, 3.05) is 0 Å². The second-order valence-corrected chi connectivity index (χ2v) is 4.24. The standard InChI is InChI=1S/C16H22/c1-5-8-13(3)11-14(4)16-10-7-9-15(6-2)12-16/h7-12H,5-6H2,1-4H3/b13-8-,14-11+. The van der Waals surface area contributed by atoms with Crippen LogP contribution in [0.5, 0.6) is 0 Å².